The number of hydrogen-bond acceptors (Lipinski definition) is 16. The summed E-state index contributed by atoms with van der Waals surface area (Å²) < 4.78 is 67.2. The van der Waals surface area contributed by atoms with E-state index < -0.39 is 80.9 Å². The SMILES string of the molecule is CCOC(=O)C(COCSSCCCCCN=[N+]=[N-])(COP(=O)(OC)OC1C(F)[C@H](n2cc(C)c(=O)[nH]c2=O)O[C@@H]1CO)C(=O)OCC. The first-order chi connectivity index (χ1) is 22.9. The molecule has 272 valence electrons. The lowest BCUT2D eigenvalue weighted by molar-refractivity contribution is -0.179. The number of rotatable bonds is 23. The first kappa shape index (κ1) is 41.7. The number of aromatic amines is 1. The molecule has 1 saturated heterocycles. The Bertz CT molecular complexity index is 1390. The van der Waals surface area contributed by atoms with Crippen molar-refractivity contribution in [2.24, 2.45) is 10.5 Å². The predicted octanol–water partition coefficient (Wildman–Crippen LogP) is 3.18. The van der Waals surface area contributed by atoms with Gasteiger partial charge in [-0.15, -0.1) is 0 Å². The Balaban J connectivity index is 2.19. The summed E-state index contributed by atoms with van der Waals surface area (Å²) in [5.41, 5.74) is 4.37. The summed E-state index contributed by atoms with van der Waals surface area (Å²) in [6, 6.07) is 0. The van der Waals surface area contributed by atoms with E-state index in [0.717, 1.165) is 42.9 Å². The van der Waals surface area contributed by atoms with Crippen molar-refractivity contribution < 1.29 is 56.2 Å². The number of phosphoric ester groups is 1. The fourth-order valence-electron chi connectivity index (χ4n) is 4.24. The third kappa shape index (κ3) is 11.6. The van der Waals surface area contributed by atoms with Crippen LogP contribution >= 0.6 is 29.4 Å². The largest absolute Gasteiger partial charge is 0.475 e. The molecule has 2 heterocycles. The van der Waals surface area contributed by atoms with E-state index in [4.69, 9.17) is 38.0 Å². The van der Waals surface area contributed by atoms with Gasteiger partial charge in [0, 0.05) is 36.1 Å². The second-order valence-corrected chi connectivity index (χ2v) is 14.3. The number of esters is 2. The van der Waals surface area contributed by atoms with E-state index in [1.165, 1.54) is 42.4 Å². The van der Waals surface area contributed by atoms with E-state index >= 15 is 4.39 Å². The van der Waals surface area contributed by atoms with Crippen molar-refractivity contribution in [1.29, 1.82) is 0 Å². The minimum atomic E-state index is -4.85. The number of ether oxygens (including phenoxy) is 4. The highest BCUT2D eigenvalue weighted by Gasteiger charge is 2.54. The molecule has 18 nitrogen and oxygen atoms in total. The third-order valence-electron chi connectivity index (χ3n) is 6.75. The van der Waals surface area contributed by atoms with Gasteiger partial charge in [-0.2, -0.15) is 0 Å². The van der Waals surface area contributed by atoms with E-state index in [0.29, 0.717) is 6.54 Å². The number of phosphoric acid groups is 1. The highest BCUT2D eigenvalue weighted by Crippen LogP contribution is 2.54. The number of aromatic nitrogens is 2. The van der Waals surface area contributed by atoms with Crippen LogP contribution in [0.5, 0.6) is 0 Å². The van der Waals surface area contributed by atoms with Gasteiger partial charge >= 0.3 is 25.5 Å². The van der Waals surface area contributed by atoms with Crippen molar-refractivity contribution in [1.82, 2.24) is 9.55 Å². The number of hydrogen-bond donors (Lipinski definition) is 2. The van der Waals surface area contributed by atoms with Gasteiger partial charge in [0.1, 0.15) is 18.1 Å². The molecule has 1 aromatic heterocycles. The molecule has 0 amide bonds. The van der Waals surface area contributed by atoms with Crippen LogP contribution in [-0.2, 0) is 46.7 Å². The lowest BCUT2D eigenvalue weighted by Gasteiger charge is -2.30. The maximum atomic E-state index is 15.7. The van der Waals surface area contributed by atoms with Gasteiger partial charge in [-0.1, -0.05) is 33.1 Å². The van der Waals surface area contributed by atoms with Crippen molar-refractivity contribution in [3.8, 4) is 0 Å². The fourth-order valence-corrected chi connectivity index (χ4v) is 7.19. The Labute approximate surface area is 283 Å². The van der Waals surface area contributed by atoms with Crippen molar-refractivity contribution in [3.63, 3.8) is 0 Å². The van der Waals surface area contributed by atoms with Crippen molar-refractivity contribution in [2.45, 2.75) is 64.6 Å². The fraction of sp³-hybridized carbons (Fsp3) is 0.769. The first-order valence-electron chi connectivity index (χ1n) is 14.8. The Hall–Kier alpha value is -2.45. The number of aliphatic hydroxyl groups excluding tert-OH is 1. The van der Waals surface area contributed by atoms with Gasteiger partial charge < -0.3 is 24.1 Å². The second-order valence-electron chi connectivity index (χ2n) is 10.1. The highest BCUT2D eigenvalue weighted by atomic mass is 33.1. The molecule has 2 rings (SSSR count). The molecule has 1 aliphatic rings. The molecule has 22 heteroatoms. The highest BCUT2D eigenvalue weighted by molar-refractivity contribution is 8.76. The first-order valence-corrected chi connectivity index (χ1v) is 18.8. The van der Waals surface area contributed by atoms with Crippen LogP contribution < -0.4 is 11.2 Å². The van der Waals surface area contributed by atoms with Gasteiger partial charge in [0.05, 0.1) is 33.0 Å². The molecule has 0 radical (unpaired) electrons. The van der Waals surface area contributed by atoms with Gasteiger partial charge in [-0.25, -0.2) is 13.8 Å². The Kier molecular flexibility index (Phi) is 18.2. The van der Waals surface area contributed by atoms with E-state index in [1.807, 2.05) is 4.98 Å². The van der Waals surface area contributed by atoms with Crippen LogP contribution in [0.2, 0.25) is 0 Å². The summed E-state index contributed by atoms with van der Waals surface area (Å²) in [6.07, 6.45) is -3.74. The third-order valence-corrected chi connectivity index (χ3v) is 10.3. The van der Waals surface area contributed by atoms with E-state index in [1.54, 1.807) is 0 Å². The zero-order valence-electron chi connectivity index (χ0n) is 26.9. The van der Waals surface area contributed by atoms with Crippen LogP contribution in [0.15, 0.2) is 20.9 Å². The minimum Gasteiger partial charge on any atom is -0.465 e. The summed E-state index contributed by atoms with van der Waals surface area (Å²) in [4.78, 5) is 55.3. The van der Waals surface area contributed by atoms with Gasteiger partial charge in [-0.05, 0) is 39.1 Å². The molecule has 3 unspecified atom stereocenters. The zero-order chi connectivity index (χ0) is 35.7. The lowest BCUT2D eigenvalue weighted by atomic mass is 9.90. The van der Waals surface area contributed by atoms with E-state index in [2.05, 4.69) is 10.0 Å². The monoisotopic (exact) mass is 745 g/mol. The number of carbonyl (C=O) groups excluding carboxylic acids is 2. The van der Waals surface area contributed by atoms with E-state index in [9.17, 15) is 28.8 Å². The average Bonchev–Trinajstić information content (AvgIpc) is 3.37. The molecule has 0 aliphatic carbocycles. The number of H-pyrrole nitrogens is 1. The number of nitrogens with one attached hydrogen (secondary N) is 1. The number of carbonyl (C=O) groups is 2. The Morgan fingerprint density at radius 1 is 1.19 bits per heavy atom. The molecular weight excluding hydrogens is 704 g/mol. The number of unbranched alkanes of at least 4 members (excludes halogenated alkanes) is 2. The van der Waals surface area contributed by atoms with Gasteiger partial charge in [0.25, 0.3) is 5.56 Å². The minimum absolute atomic E-state index is 0.0223. The van der Waals surface area contributed by atoms with Gasteiger partial charge in [0.15, 0.2) is 12.4 Å². The second kappa shape index (κ2) is 20.9. The standard InChI is InChI=1S/C26H41FN5O13PS2/c1-5-41-23(35)26(24(36)42-6-2,14-40-16-48-47-11-9-7-8-10-29-31-28)15-43-46(38,39-4)45-20-18(13-33)44-22(19(20)27)32-12-17(3)21(34)30-25(32)37/h12,18-20,22,33H,5-11,13-16H2,1-4H3,(H,30,34,37)/t18-,19?,20?,22-,46?/m1/s1. The number of alkyl halides is 1. The number of halogens is 1. The van der Waals surface area contributed by atoms with E-state index in [-0.39, 0.29) is 24.7 Å². The predicted molar refractivity (Wildman–Crippen MR) is 172 cm³/mol. The summed E-state index contributed by atoms with van der Waals surface area (Å²) in [7, 11) is -1.16. The summed E-state index contributed by atoms with van der Waals surface area (Å²) in [6.45, 7) is 2.03. The zero-order valence-corrected chi connectivity index (χ0v) is 29.5. The number of azide groups is 1. The van der Waals surface area contributed by atoms with Crippen LogP contribution in [0.1, 0.15) is 44.9 Å². The van der Waals surface area contributed by atoms with Crippen molar-refractivity contribution in [2.75, 3.05) is 58.4 Å². The van der Waals surface area contributed by atoms with Crippen LogP contribution in [0.25, 0.3) is 10.4 Å². The molecule has 0 saturated carbocycles. The molecular formula is C26H41FN5O13PS2. The summed E-state index contributed by atoms with van der Waals surface area (Å²) in [5, 5.41) is 13.3. The topological polar surface area (TPSA) is 240 Å². The van der Waals surface area contributed by atoms with Crippen LogP contribution in [-0.4, -0.2) is 103 Å². The van der Waals surface area contributed by atoms with Gasteiger partial charge in [0.2, 0.25) is 5.41 Å². The smallest absolute Gasteiger partial charge is 0.465 e. The number of aliphatic hydroxyl groups is 1. The maximum absolute atomic E-state index is 15.7. The summed E-state index contributed by atoms with van der Waals surface area (Å²) >= 11 is 0. The molecule has 0 spiro atoms. The Morgan fingerprint density at radius 3 is 2.48 bits per heavy atom. The number of aryl methyl sites for hydroxylation is 1. The molecule has 48 heavy (non-hydrogen) atoms. The van der Waals surface area contributed by atoms with Crippen molar-refractivity contribution in [3.05, 3.63) is 43.0 Å². The maximum Gasteiger partial charge on any atom is 0.475 e. The van der Waals surface area contributed by atoms with Crippen LogP contribution in [0.3, 0.4) is 0 Å². The Morgan fingerprint density at radius 2 is 1.88 bits per heavy atom. The average molecular weight is 746 g/mol. The van der Waals surface area contributed by atoms with Gasteiger partial charge in [-0.3, -0.25) is 37.5 Å². The molecule has 0 aromatic carbocycles. The number of nitrogens with zero attached hydrogens (tertiary/aromatic N) is 4. The molecule has 1 aliphatic heterocycles. The molecule has 5 atom stereocenters. The van der Waals surface area contributed by atoms with Crippen LogP contribution in [0.4, 0.5) is 4.39 Å². The molecule has 2 N–H and O–H groups in total. The summed E-state index contributed by atoms with van der Waals surface area (Å²) in [5.74, 6) is -1.45. The lowest BCUT2D eigenvalue weighted by Crippen LogP contribution is -2.49. The molecule has 1 aromatic rings. The normalized spacial score (nSPS) is 20.5. The molecule has 0 bridgehead atoms. The molecule has 1 fully saturated rings. The van der Waals surface area contributed by atoms with Crippen LogP contribution in [0, 0.1) is 12.3 Å². The van der Waals surface area contributed by atoms with Crippen molar-refractivity contribution >= 4 is 41.3 Å². The quantitative estimate of drug-likeness (QED) is 0.0188.